The zero-order valence-corrected chi connectivity index (χ0v) is 17.0. The Morgan fingerprint density at radius 1 is 1.11 bits per heavy atom. The van der Waals surface area contributed by atoms with Crippen LogP contribution in [-0.2, 0) is 0 Å². The molecule has 0 unspecified atom stereocenters. The van der Waals surface area contributed by atoms with Gasteiger partial charge in [-0.3, -0.25) is 14.4 Å². The summed E-state index contributed by atoms with van der Waals surface area (Å²) in [7, 11) is 0. The van der Waals surface area contributed by atoms with Crippen LogP contribution in [0.2, 0.25) is 0 Å². The summed E-state index contributed by atoms with van der Waals surface area (Å²) in [5.41, 5.74) is -0.381. The van der Waals surface area contributed by atoms with E-state index in [1.54, 1.807) is 12.4 Å². The van der Waals surface area contributed by atoms with Crippen LogP contribution in [0.4, 0.5) is 0 Å². The molecule has 2 N–H and O–H groups in total. The Hall–Kier alpha value is -2.11. The van der Waals surface area contributed by atoms with Crippen LogP contribution >= 0.6 is 0 Å². The monoisotopic (exact) mass is 375 g/mol. The minimum atomic E-state index is -0.493. The minimum absolute atomic E-state index is 0.0274. The fourth-order valence-electron chi connectivity index (χ4n) is 3.31. The second-order valence-corrected chi connectivity index (χ2v) is 8.02. The average Bonchev–Trinajstić information content (AvgIpc) is 3.15. The molecule has 0 bridgehead atoms. The molecule has 1 atom stereocenters. The van der Waals surface area contributed by atoms with Crippen molar-refractivity contribution in [2.75, 3.05) is 6.54 Å². The van der Waals surface area contributed by atoms with E-state index in [-0.39, 0.29) is 23.2 Å². The molecular weight excluding hydrogens is 342 g/mol. The van der Waals surface area contributed by atoms with Gasteiger partial charge >= 0.3 is 0 Å². The molecule has 0 aliphatic heterocycles. The van der Waals surface area contributed by atoms with E-state index in [2.05, 4.69) is 24.5 Å². The van der Waals surface area contributed by atoms with Gasteiger partial charge in [-0.15, -0.1) is 0 Å². The Morgan fingerprint density at radius 2 is 1.70 bits per heavy atom. The fourth-order valence-corrected chi connectivity index (χ4v) is 3.31. The lowest BCUT2D eigenvalue weighted by atomic mass is 10.1. The van der Waals surface area contributed by atoms with Gasteiger partial charge in [0.1, 0.15) is 11.1 Å². The molecule has 1 heterocycles. The summed E-state index contributed by atoms with van der Waals surface area (Å²) in [4.78, 5) is 38.1. The maximum atomic E-state index is 12.9. The summed E-state index contributed by atoms with van der Waals surface area (Å²) in [5.74, 6) is -0.336. The molecule has 1 aromatic heterocycles. The Kier molecular flexibility index (Phi) is 7.63. The van der Waals surface area contributed by atoms with Gasteiger partial charge in [0, 0.05) is 31.0 Å². The van der Waals surface area contributed by atoms with E-state index in [0.717, 1.165) is 38.5 Å². The lowest BCUT2D eigenvalue weighted by molar-refractivity contribution is 0.0937. The highest BCUT2D eigenvalue weighted by atomic mass is 16.2. The minimum Gasteiger partial charge on any atom is -0.352 e. The standard InChI is InChI=1S/C21H33N3O3/c1-5-15(4)23-21(27)18-13-24(16-8-6-7-9-16)12-17(19(18)25)20(26)22-11-10-14(2)3/h12-16H,5-11H2,1-4H3,(H,22,26)(H,23,27)/t15-/m1/s1. The van der Waals surface area contributed by atoms with Gasteiger partial charge in [-0.25, -0.2) is 0 Å². The Balaban J connectivity index is 2.34. The molecule has 1 aromatic rings. The van der Waals surface area contributed by atoms with Crippen molar-refractivity contribution < 1.29 is 9.59 Å². The van der Waals surface area contributed by atoms with Gasteiger partial charge in [0.05, 0.1) is 0 Å². The number of nitrogens with zero attached hydrogens (tertiary/aromatic N) is 1. The number of aromatic nitrogens is 1. The molecule has 6 nitrogen and oxygen atoms in total. The molecule has 0 aromatic carbocycles. The molecule has 0 radical (unpaired) electrons. The second kappa shape index (κ2) is 9.72. The third-order valence-electron chi connectivity index (χ3n) is 5.28. The molecule has 1 aliphatic carbocycles. The van der Waals surface area contributed by atoms with Crippen molar-refractivity contribution in [2.24, 2.45) is 5.92 Å². The molecule has 0 spiro atoms. The van der Waals surface area contributed by atoms with E-state index < -0.39 is 17.2 Å². The van der Waals surface area contributed by atoms with Crippen LogP contribution in [0.1, 0.15) is 93.0 Å². The zero-order chi connectivity index (χ0) is 20.0. The van der Waals surface area contributed by atoms with E-state index in [4.69, 9.17) is 0 Å². The van der Waals surface area contributed by atoms with Crippen LogP contribution in [0.5, 0.6) is 0 Å². The number of hydrogen-bond acceptors (Lipinski definition) is 3. The van der Waals surface area contributed by atoms with Crippen LogP contribution in [0.3, 0.4) is 0 Å². The van der Waals surface area contributed by atoms with Gasteiger partial charge < -0.3 is 15.2 Å². The summed E-state index contributed by atoms with van der Waals surface area (Å²) >= 11 is 0. The summed E-state index contributed by atoms with van der Waals surface area (Å²) in [6.45, 7) is 8.55. The molecular formula is C21H33N3O3. The van der Waals surface area contributed by atoms with Crippen molar-refractivity contribution in [3.63, 3.8) is 0 Å². The van der Waals surface area contributed by atoms with E-state index in [1.165, 1.54) is 0 Å². The number of hydrogen-bond donors (Lipinski definition) is 2. The lowest BCUT2D eigenvalue weighted by Crippen LogP contribution is -2.38. The van der Waals surface area contributed by atoms with Gasteiger partial charge in [0.25, 0.3) is 11.8 Å². The number of carbonyl (C=O) groups is 2. The van der Waals surface area contributed by atoms with Gasteiger partial charge in [0.15, 0.2) is 0 Å². The van der Waals surface area contributed by atoms with Crippen molar-refractivity contribution >= 4 is 11.8 Å². The topological polar surface area (TPSA) is 80.2 Å². The first-order chi connectivity index (χ1) is 12.8. The third kappa shape index (κ3) is 5.68. The Bertz CT molecular complexity index is 718. The van der Waals surface area contributed by atoms with Gasteiger partial charge in [0.2, 0.25) is 5.43 Å². The molecule has 2 rings (SSSR count). The number of amides is 2. The predicted octanol–water partition coefficient (Wildman–Crippen LogP) is 3.27. The molecule has 6 heteroatoms. The summed E-state index contributed by atoms with van der Waals surface area (Å²) < 4.78 is 1.90. The van der Waals surface area contributed by atoms with Crippen molar-refractivity contribution in [1.82, 2.24) is 15.2 Å². The molecule has 2 amide bonds. The third-order valence-corrected chi connectivity index (χ3v) is 5.28. The number of pyridine rings is 1. The van der Waals surface area contributed by atoms with E-state index >= 15 is 0 Å². The summed E-state index contributed by atoms with van der Waals surface area (Å²) in [6.07, 6.45) is 9.13. The molecule has 150 valence electrons. The molecule has 1 fully saturated rings. The van der Waals surface area contributed by atoms with Crippen LogP contribution < -0.4 is 16.1 Å². The predicted molar refractivity (Wildman–Crippen MR) is 107 cm³/mol. The number of nitrogens with one attached hydrogen (secondary N) is 2. The zero-order valence-electron chi connectivity index (χ0n) is 17.0. The number of rotatable bonds is 8. The first-order valence-electron chi connectivity index (χ1n) is 10.2. The van der Waals surface area contributed by atoms with Crippen LogP contribution in [-0.4, -0.2) is 29.0 Å². The first kappa shape index (κ1) is 21.2. The molecule has 1 saturated carbocycles. The smallest absolute Gasteiger partial charge is 0.256 e. The highest BCUT2D eigenvalue weighted by molar-refractivity contribution is 5.99. The second-order valence-electron chi connectivity index (χ2n) is 8.02. The van der Waals surface area contributed by atoms with Crippen molar-refractivity contribution in [3.05, 3.63) is 33.7 Å². The van der Waals surface area contributed by atoms with Crippen molar-refractivity contribution in [2.45, 2.75) is 78.3 Å². The van der Waals surface area contributed by atoms with Gasteiger partial charge in [-0.05, 0) is 38.5 Å². The highest BCUT2D eigenvalue weighted by Crippen LogP contribution is 2.29. The van der Waals surface area contributed by atoms with E-state index in [9.17, 15) is 14.4 Å². The maximum absolute atomic E-state index is 12.9. The Morgan fingerprint density at radius 3 is 2.26 bits per heavy atom. The molecule has 27 heavy (non-hydrogen) atoms. The van der Waals surface area contributed by atoms with Crippen LogP contribution in [0, 0.1) is 5.92 Å². The summed E-state index contributed by atoms with van der Waals surface area (Å²) in [5, 5.41) is 5.67. The molecule has 1 aliphatic rings. The fraction of sp³-hybridized carbons (Fsp3) is 0.667. The molecule has 0 saturated heterocycles. The Labute approximate surface area is 161 Å². The van der Waals surface area contributed by atoms with E-state index in [0.29, 0.717) is 12.5 Å². The van der Waals surface area contributed by atoms with Crippen LogP contribution in [0.15, 0.2) is 17.2 Å². The quantitative estimate of drug-likeness (QED) is 0.732. The van der Waals surface area contributed by atoms with E-state index in [1.807, 2.05) is 18.4 Å². The van der Waals surface area contributed by atoms with Gasteiger partial charge in [-0.1, -0.05) is 33.6 Å². The lowest BCUT2D eigenvalue weighted by Gasteiger charge is -2.18. The van der Waals surface area contributed by atoms with Crippen molar-refractivity contribution in [1.29, 1.82) is 0 Å². The van der Waals surface area contributed by atoms with Crippen molar-refractivity contribution in [3.8, 4) is 0 Å². The maximum Gasteiger partial charge on any atom is 0.256 e. The first-order valence-corrected chi connectivity index (χ1v) is 10.2. The summed E-state index contributed by atoms with van der Waals surface area (Å²) in [6, 6.07) is 0.211. The average molecular weight is 376 g/mol. The van der Waals surface area contributed by atoms with Crippen LogP contribution in [0.25, 0.3) is 0 Å². The SMILES string of the molecule is CC[C@@H](C)NC(=O)c1cn(C2CCCC2)cc(C(=O)NCCC(C)C)c1=O. The largest absolute Gasteiger partial charge is 0.352 e. The normalized spacial score (nSPS) is 15.7. The highest BCUT2D eigenvalue weighted by Gasteiger charge is 2.23. The van der Waals surface area contributed by atoms with Gasteiger partial charge in [-0.2, -0.15) is 0 Å². The number of carbonyl (C=O) groups excluding carboxylic acids is 2.